The summed E-state index contributed by atoms with van der Waals surface area (Å²) < 4.78 is 0. The highest BCUT2D eigenvalue weighted by Gasteiger charge is 2.18. The first-order valence-electron chi connectivity index (χ1n) is 6.87. The van der Waals surface area contributed by atoms with Crippen LogP contribution in [0.15, 0.2) is 55.1 Å². The van der Waals surface area contributed by atoms with Crippen LogP contribution in [0.2, 0.25) is 0 Å². The molecule has 1 nitrogen and oxygen atoms in total. The maximum absolute atomic E-state index is 6.23. The molecular formula is C18H19N. The molecule has 0 fully saturated rings. The van der Waals surface area contributed by atoms with E-state index in [0.29, 0.717) is 0 Å². The molecule has 0 amide bonds. The summed E-state index contributed by atoms with van der Waals surface area (Å²) in [7, 11) is 0. The Labute approximate surface area is 114 Å². The normalized spacial score (nSPS) is 13.7. The molecule has 0 radical (unpaired) electrons. The molecule has 0 unspecified atom stereocenters. The van der Waals surface area contributed by atoms with Crippen molar-refractivity contribution in [3.63, 3.8) is 0 Å². The molecule has 2 aromatic rings. The first kappa shape index (κ1) is 12.2. The fourth-order valence-corrected chi connectivity index (χ4v) is 2.86. The van der Waals surface area contributed by atoms with E-state index < -0.39 is 0 Å². The van der Waals surface area contributed by atoms with Crippen molar-refractivity contribution in [2.24, 2.45) is 5.73 Å². The van der Waals surface area contributed by atoms with Crippen LogP contribution in [0.3, 0.4) is 0 Å². The summed E-state index contributed by atoms with van der Waals surface area (Å²) in [4.78, 5) is 0. The predicted molar refractivity (Wildman–Crippen MR) is 81.0 cm³/mol. The van der Waals surface area contributed by atoms with Crippen molar-refractivity contribution in [3.05, 3.63) is 71.8 Å². The SMILES string of the molecule is C=CCC[C@H](N)c1ccc2c(c1)Cc1ccccc1-2. The molecule has 19 heavy (non-hydrogen) atoms. The molecule has 1 aliphatic rings. The van der Waals surface area contributed by atoms with Crippen LogP contribution in [0.5, 0.6) is 0 Å². The van der Waals surface area contributed by atoms with Crippen LogP contribution in [0, 0.1) is 0 Å². The van der Waals surface area contributed by atoms with Crippen LogP contribution in [0.1, 0.15) is 35.6 Å². The summed E-state index contributed by atoms with van der Waals surface area (Å²) in [6.45, 7) is 3.76. The number of nitrogens with two attached hydrogens (primary N) is 1. The Morgan fingerprint density at radius 3 is 2.74 bits per heavy atom. The average molecular weight is 249 g/mol. The largest absolute Gasteiger partial charge is 0.324 e. The van der Waals surface area contributed by atoms with Crippen molar-refractivity contribution in [2.45, 2.75) is 25.3 Å². The number of benzene rings is 2. The first-order valence-corrected chi connectivity index (χ1v) is 6.87. The van der Waals surface area contributed by atoms with Crippen molar-refractivity contribution in [2.75, 3.05) is 0 Å². The summed E-state index contributed by atoms with van der Waals surface area (Å²) in [5.41, 5.74) is 13.1. The van der Waals surface area contributed by atoms with Crippen LogP contribution >= 0.6 is 0 Å². The fraction of sp³-hybridized carbons (Fsp3) is 0.222. The van der Waals surface area contributed by atoms with Crippen LogP contribution in [0.25, 0.3) is 11.1 Å². The third kappa shape index (κ3) is 2.22. The van der Waals surface area contributed by atoms with Gasteiger partial charge in [-0.3, -0.25) is 0 Å². The lowest BCUT2D eigenvalue weighted by Gasteiger charge is -2.12. The second kappa shape index (κ2) is 5.02. The van der Waals surface area contributed by atoms with Crippen molar-refractivity contribution in [3.8, 4) is 11.1 Å². The molecule has 3 rings (SSSR count). The lowest BCUT2D eigenvalue weighted by molar-refractivity contribution is 0.661. The van der Waals surface area contributed by atoms with E-state index in [1.807, 2.05) is 6.08 Å². The zero-order valence-electron chi connectivity index (χ0n) is 11.1. The number of hydrogen-bond donors (Lipinski definition) is 1. The van der Waals surface area contributed by atoms with Gasteiger partial charge in [-0.2, -0.15) is 0 Å². The van der Waals surface area contributed by atoms with E-state index in [9.17, 15) is 0 Å². The number of rotatable bonds is 4. The Morgan fingerprint density at radius 2 is 1.89 bits per heavy atom. The minimum Gasteiger partial charge on any atom is -0.324 e. The van der Waals surface area contributed by atoms with Gasteiger partial charge in [0.15, 0.2) is 0 Å². The predicted octanol–water partition coefficient (Wildman–Crippen LogP) is 4.22. The average Bonchev–Trinajstić information content (AvgIpc) is 2.82. The van der Waals surface area contributed by atoms with E-state index >= 15 is 0 Å². The molecule has 0 heterocycles. The molecule has 0 saturated heterocycles. The molecule has 1 heteroatoms. The Morgan fingerprint density at radius 1 is 1.11 bits per heavy atom. The van der Waals surface area contributed by atoms with Crippen molar-refractivity contribution >= 4 is 0 Å². The summed E-state index contributed by atoms with van der Waals surface area (Å²) >= 11 is 0. The molecular weight excluding hydrogens is 230 g/mol. The number of fused-ring (bicyclic) bond motifs is 3. The molecule has 2 N–H and O–H groups in total. The second-order valence-electron chi connectivity index (χ2n) is 5.22. The molecule has 96 valence electrons. The van der Waals surface area contributed by atoms with E-state index in [1.165, 1.54) is 27.8 Å². The number of allylic oxidation sites excluding steroid dienone is 1. The summed E-state index contributed by atoms with van der Waals surface area (Å²) in [5.74, 6) is 0. The highest BCUT2D eigenvalue weighted by molar-refractivity contribution is 5.76. The van der Waals surface area contributed by atoms with Gasteiger partial charge in [-0.1, -0.05) is 48.5 Å². The Kier molecular flexibility index (Phi) is 3.22. The van der Waals surface area contributed by atoms with Gasteiger partial charge >= 0.3 is 0 Å². The van der Waals surface area contributed by atoms with Gasteiger partial charge in [-0.05, 0) is 47.1 Å². The maximum atomic E-state index is 6.23. The van der Waals surface area contributed by atoms with Crippen molar-refractivity contribution < 1.29 is 0 Å². The third-order valence-corrected chi connectivity index (χ3v) is 3.93. The smallest absolute Gasteiger partial charge is 0.0297 e. The van der Waals surface area contributed by atoms with Crippen LogP contribution in [-0.4, -0.2) is 0 Å². The molecule has 0 aromatic heterocycles. The summed E-state index contributed by atoms with van der Waals surface area (Å²) in [5, 5.41) is 0. The zero-order valence-corrected chi connectivity index (χ0v) is 11.1. The van der Waals surface area contributed by atoms with E-state index in [2.05, 4.69) is 49.0 Å². The highest BCUT2D eigenvalue weighted by Crippen LogP contribution is 2.37. The fourth-order valence-electron chi connectivity index (χ4n) is 2.86. The molecule has 0 aliphatic heterocycles. The molecule has 1 atom stereocenters. The van der Waals surface area contributed by atoms with Gasteiger partial charge in [-0.15, -0.1) is 6.58 Å². The molecule has 2 aromatic carbocycles. The quantitative estimate of drug-likeness (QED) is 0.688. The minimum atomic E-state index is 0.118. The standard InChI is InChI=1S/C18H19N/c1-2-3-8-18(19)14-9-10-17-15(12-14)11-13-6-4-5-7-16(13)17/h2,4-7,9-10,12,18H,1,3,8,11,19H2/t18-/m0/s1. The Balaban J connectivity index is 1.91. The molecule has 0 saturated carbocycles. The molecule has 0 bridgehead atoms. The van der Waals surface area contributed by atoms with E-state index in [1.54, 1.807) is 0 Å². The van der Waals surface area contributed by atoms with Gasteiger partial charge in [-0.25, -0.2) is 0 Å². The first-order chi connectivity index (χ1) is 9.29. The van der Waals surface area contributed by atoms with Gasteiger partial charge < -0.3 is 5.73 Å². The summed E-state index contributed by atoms with van der Waals surface area (Å²) in [6, 6.07) is 15.4. The van der Waals surface area contributed by atoms with Crippen LogP contribution in [-0.2, 0) is 6.42 Å². The van der Waals surface area contributed by atoms with Gasteiger partial charge in [0.1, 0.15) is 0 Å². The molecule has 0 spiro atoms. The maximum Gasteiger partial charge on any atom is 0.0297 e. The summed E-state index contributed by atoms with van der Waals surface area (Å²) in [6.07, 6.45) is 4.91. The van der Waals surface area contributed by atoms with E-state index in [-0.39, 0.29) is 6.04 Å². The topological polar surface area (TPSA) is 26.0 Å². The Bertz CT molecular complexity index is 613. The van der Waals surface area contributed by atoms with E-state index in [4.69, 9.17) is 5.73 Å². The highest BCUT2D eigenvalue weighted by atomic mass is 14.6. The lowest BCUT2D eigenvalue weighted by Crippen LogP contribution is -2.10. The van der Waals surface area contributed by atoms with Crippen molar-refractivity contribution in [1.29, 1.82) is 0 Å². The van der Waals surface area contributed by atoms with Crippen molar-refractivity contribution in [1.82, 2.24) is 0 Å². The second-order valence-corrected chi connectivity index (χ2v) is 5.22. The van der Waals surface area contributed by atoms with E-state index in [0.717, 1.165) is 19.3 Å². The van der Waals surface area contributed by atoms with Gasteiger partial charge in [0.25, 0.3) is 0 Å². The monoisotopic (exact) mass is 249 g/mol. The number of hydrogen-bond acceptors (Lipinski definition) is 1. The zero-order chi connectivity index (χ0) is 13.2. The van der Waals surface area contributed by atoms with Gasteiger partial charge in [0, 0.05) is 6.04 Å². The Hall–Kier alpha value is -1.86. The van der Waals surface area contributed by atoms with Crippen LogP contribution in [0.4, 0.5) is 0 Å². The molecule has 1 aliphatic carbocycles. The third-order valence-electron chi connectivity index (χ3n) is 3.93. The van der Waals surface area contributed by atoms with Gasteiger partial charge in [0.2, 0.25) is 0 Å². The van der Waals surface area contributed by atoms with Gasteiger partial charge in [0.05, 0.1) is 0 Å². The minimum absolute atomic E-state index is 0.118. The van der Waals surface area contributed by atoms with Crippen LogP contribution < -0.4 is 5.73 Å². The lowest BCUT2D eigenvalue weighted by atomic mass is 9.97.